The van der Waals surface area contributed by atoms with Crippen molar-refractivity contribution >= 4 is 17.3 Å². The number of rotatable bonds is 14. The van der Waals surface area contributed by atoms with Crippen LogP contribution in [0.1, 0.15) is 90.9 Å². The first-order valence-electron chi connectivity index (χ1n) is 8.57. The maximum absolute atomic E-state index is 9.61. The first kappa shape index (κ1) is 19.9. The van der Waals surface area contributed by atoms with Gasteiger partial charge in [0.2, 0.25) is 0 Å². The first-order valence-corrected chi connectivity index (χ1v) is 8.97. The van der Waals surface area contributed by atoms with E-state index >= 15 is 0 Å². The molecule has 0 fully saturated rings. The number of aliphatic hydroxyl groups excluding tert-OH is 1. The lowest BCUT2D eigenvalue weighted by molar-refractivity contribution is 0.181. The van der Waals surface area contributed by atoms with Gasteiger partial charge in [0.25, 0.3) is 0 Å². The molecule has 0 aromatic heterocycles. The molecule has 0 aliphatic carbocycles. The molecule has 0 aliphatic rings. The van der Waals surface area contributed by atoms with E-state index < -0.39 is 6.10 Å². The van der Waals surface area contributed by atoms with Gasteiger partial charge in [-0.3, -0.25) is 0 Å². The van der Waals surface area contributed by atoms with Crippen molar-refractivity contribution in [2.24, 2.45) is 0 Å². The molecule has 0 heterocycles. The number of hydrogen-bond donors (Lipinski definition) is 1. The predicted octanol–water partition coefficient (Wildman–Crippen LogP) is 5.41. The van der Waals surface area contributed by atoms with E-state index in [2.05, 4.69) is 6.92 Å². The molecule has 0 aromatic carbocycles. The van der Waals surface area contributed by atoms with Crippen molar-refractivity contribution in [3.8, 4) is 0 Å². The monoisotopic (exact) mass is 302 g/mol. The second kappa shape index (κ2) is 15.2. The summed E-state index contributed by atoms with van der Waals surface area (Å²) < 4.78 is 5.41. The molecule has 1 unspecified atom stereocenters. The van der Waals surface area contributed by atoms with Crippen LogP contribution in [0.2, 0.25) is 0 Å². The molecule has 0 spiro atoms. The lowest BCUT2D eigenvalue weighted by atomic mass is 10.1. The number of unbranched alkanes of at least 4 members (excludes halogenated alkanes) is 9. The molecule has 3 heteroatoms. The van der Waals surface area contributed by atoms with Crippen molar-refractivity contribution in [2.45, 2.75) is 97.0 Å². The van der Waals surface area contributed by atoms with Crippen molar-refractivity contribution < 1.29 is 9.84 Å². The van der Waals surface area contributed by atoms with E-state index in [9.17, 15) is 5.11 Å². The van der Waals surface area contributed by atoms with Gasteiger partial charge in [-0.15, -0.1) is 0 Å². The minimum absolute atomic E-state index is 0.378. The van der Waals surface area contributed by atoms with Gasteiger partial charge in [0, 0.05) is 0 Å². The largest absolute Gasteiger partial charge is 0.484 e. The van der Waals surface area contributed by atoms with Crippen LogP contribution in [-0.4, -0.2) is 22.9 Å². The fourth-order valence-corrected chi connectivity index (χ4v) is 2.45. The van der Waals surface area contributed by atoms with Crippen LogP contribution in [-0.2, 0) is 4.74 Å². The van der Waals surface area contributed by atoms with Crippen molar-refractivity contribution in [1.82, 2.24) is 0 Å². The van der Waals surface area contributed by atoms with Crippen molar-refractivity contribution in [3.63, 3.8) is 0 Å². The third-order valence-corrected chi connectivity index (χ3v) is 3.97. The third-order valence-electron chi connectivity index (χ3n) is 3.58. The van der Waals surface area contributed by atoms with Crippen LogP contribution in [0.25, 0.3) is 0 Å². The van der Waals surface area contributed by atoms with Crippen LogP contribution in [0.3, 0.4) is 0 Å². The summed E-state index contributed by atoms with van der Waals surface area (Å²) >= 11 is 5.04. The van der Waals surface area contributed by atoms with E-state index in [1.165, 1.54) is 57.8 Å². The van der Waals surface area contributed by atoms with Gasteiger partial charge >= 0.3 is 0 Å². The Morgan fingerprint density at radius 3 is 1.85 bits per heavy atom. The Labute approximate surface area is 131 Å². The Morgan fingerprint density at radius 2 is 1.35 bits per heavy atom. The maximum atomic E-state index is 9.61. The van der Waals surface area contributed by atoms with E-state index in [1.807, 2.05) is 6.92 Å². The fourth-order valence-electron chi connectivity index (χ4n) is 2.25. The fraction of sp³-hybridized carbons (Fsp3) is 0.941. The van der Waals surface area contributed by atoms with E-state index in [1.54, 1.807) is 0 Å². The van der Waals surface area contributed by atoms with Gasteiger partial charge in [0.1, 0.15) is 6.10 Å². The molecule has 0 amide bonds. The molecule has 120 valence electrons. The highest BCUT2D eigenvalue weighted by molar-refractivity contribution is 7.80. The van der Waals surface area contributed by atoms with Crippen LogP contribution in [0.4, 0.5) is 0 Å². The van der Waals surface area contributed by atoms with Gasteiger partial charge in [0.15, 0.2) is 5.05 Å². The Bertz CT molecular complexity index is 219. The minimum atomic E-state index is -0.557. The summed E-state index contributed by atoms with van der Waals surface area (Å²) in [5.74, 6) is 0. The lowest BCUT2D eigenvalue weighted by Crippen LogP contribution is -2.21. The summed E-state index contributed by atoms with van der Waals surface area (Å²) in [6.45, 7) is 4.96. The second-order valence-electron chi connectivity index (χ2n) is 5.65. The highest BCUT2D eigenvalue weighted by Gasteiger charge is 2.10. The number of thiocarbonyl (C=S) groups is 1. The highest BCUT2D eigenvalue weighted by atomic mass is 32.1. The summed E-state index contributed by atoms with van der Waals surface area (Å²) in [6, 6.07) is 0. The molecule has 1 atom stereocenters. The van der Waals surface area contributed by atoms with E-state index in [4.69, 9.17) is 17.0 Å². The Morgan fingerprint density at radius 1 is 0.850 bits per heavy atom. The van der Waals surface area contributed by atoms with E-state index in [0.717, 1.165) is 12.8 Å². The standard InChI is InChI=1S/C17H34O2S/c1-3-5-6-7-8-9-10-11-12-13-15-19-17(20)16(18)14-4-2/h16,18H,3-15H2,1-2H3. The van der Waals surface area contributed by atoms with Crippen molar-refractivity contribution in [1.29, 1.82) is 0 Å². The summed E-state index contributed by atoms with van der Waals surface area (Å²) in [5.41, 5.74) is 0. The van der Waals surface area contributed by atoms with E-state index in [-0.39, 0.29) is 0 Å². The molecule has 20 heavy (non-hydrogen) atoms. The summed E-state index contributed by atoms with van der Waals surface area (Å²) in [4.78, 5) is 0. The van der Waals surface area contributed by atoms with Crippen LogP contribution in [0, 0.1) is 0 Å². The van der Waals surface area contributed by atoms with Crippen LogP contribution in [0.15, 0.2) is 0 Å². The van der Waals surface area contributed by atoms with Gasteiger partial charge in [-0.05, 0) is 25.1 Å². The van der Waals surface area contributed by atoms with Gasteiger partial charge in [0.05, 0.1) is 6.61 Å². The zero-order valence-electron chi connectivity index (χ0n) is 13.5. The van der Waals surface area contributed by atoms with Gasteiger partial charge in [-0.25, -0.2) is 0 Å². The van der Waals surface area contributed by atoms with Crippen LogP contribution in [0.5, 0.6) is 0 Å². The third kappa shape index (κ3) is 12.9. The molecule has 0 rings (SSSR count). The number of hydrogen-bond acceptors (Lipinski definition) is 3. The smallest absolute Gasteiger partial charge is 0.188 e. The van der Waals surface area contributed by atoms with Crippen LogP contribution < -0.4 is 0 Å². The average molecular weight is 303 g/mol. The molecular formula is C17H34O2S. The molecule has 0 bridgehead atoms. The van der Waals surface area contributed by atoms with Crippen molar-refractivity contribution in [2.75, 3.05) is 6.61 Å². The molecule has 0 saturated carbocycles. The Balaban J connectivity index is 3.18. The first-order chi connectivity index (χ1) is 9.72. The van der Waals surface area contributed by atoms with Gasteiger partial charge < -0.3 is 9.84 Å². The maximum Gasteiger partial charge on any atom is 0.188 e. The zero-order chi connectivity index (χ0) is 15.1. The van der Waals surface area contributed by atoms with E-state index in [0.29, 0.717) is 18.1 Å². The molecule has 0 aromatic rings. The molecule has 0 radical (unpaired) electrons. The summed E-state index contributed by atoms with van der Waals surface area (Å²) in [5, 5.41) is 9.99. The predicted molar refractivity (Wildman–Crippen MR) is 91.3 cm³/mol. The van der Waals surface area contributed by atoms with Gasteiger partial charge in [-0.2, -0.15) is 0 Å². The molecule has 1 N–H and O–H groups in total. The minimum Gasteiger partial charge on any atom is -0.484 e. The summed E-state index contributed by atoms with van der Waals surface area (Å²) in [6.07, 6.45) is 14.3. The Hall–Kier alpha value is -0.150. The second-order valence-corrected chi connectivity index (χ2v) is 6.06. The zero-order valence-corrected chi connectivity index (χ0v) is 14.3. The molecule has 0 saturated heterocycles. The average Bonchev–Trinajstić information content (AvgIpc) is 2.44. The van der Waals surface area contributed by atoms with Crippen molar-refractivity contribution in [3.05, 3.63) is 0 Å². The number of ether oxygens (including phenoxy) is 1. The summed E-state index contributed by atoms with van der Waals surface area (Å²) in [7, 11) is 0. The topological polar surface area (TPSA) is 29.5 Å². The number of aliphatic hydroxyl groups is 1. The quantitative estimate of drug-likeness (QED) is 0.343. The van der Waals surface area contributed by atoms with Crippen LogP contribution >= 0.6 is 12.2 Å². The Kier molecular flexibility index (Phi) is 15.1. The lowest BCUT2D eigenvalue weighted by Gasteiger charge is -2.12. The molecule has 2 nitrogen and oxygen atoms in total. The molecular weight excluding hydrogens is 268 g/mol. The SMILES string of the molecule is CCCCCCCCCCCCOC(=S)C(O)CCC. The van der Waals surface area contributed by atoms with Gasteiger partial charge in [-0.1, -0.05) is 78.1 Å². The normalized spacial score (nSPS) is 12.3. The highest BCUT2D eigenvalue weighted by Crippen LogP contribution is 2.10. The molecule has 0 aliphatic heterocycles.